The van der Waals surface area contributed by atoms with Gasteiger partial charge in [0.05, 0.1) is 0 Å². The Kier molecular flexibility index (Phi) is 3.95. The van der Waals surface area contributed by atoms with Crippen molar-refractivity contribution in [1.82, 2.24) is 8.01 Å². The SMILES string of the molecule is C=IN1CCN(C(C)C)CC1. The fraction of sp³-hybridized carbons (Fsp3) is 0.875. The van der Waals surface area contributed by atoms with Gasteiger partial charge in [-0.25, -0.2) is 0 Å². The smallest absolute Gasteiger partial charge is 0.0205 e. The van der Waals surface area contributed by atoms with Crippen molar-refractivity contribution in [1.29, 1.82) is 0 Å². The van der Waals surface area contributed by atoms with Crippen molar-refractivity contribution in [2.75, 3.05) is 26.2 Å². The summed E-state index contributed by atoms with van der Waals surface area (Å²) in [5, 5.41) is 0. The van der Waals surface area contributed by atoms with Crippen LogP contribution in [0.5, 0.6) is 0 Å². The van der Waals surface area contributed by atoms with Gasteiger partial charge in [-0.3, -0.25) is 8.01 Å². The zero-order chi connectivity index (χ0) is 8.27. The first-order valence-electron chi connectivity index (χ1n) is 4.11. The molecule has 0 aromatic carbocycles. The third kappa shape index (κ3) is 2.80. The van der Waals surface area contributed by atoms with Gasteiger partial charge in [0.2, 0.25) is 0 Å². The Balaban J connectivity index is 2.29. The van der Waals surface area contributed by atoms with Crippen LogP contribution in [0.4, 0.5) is 0 Å². The number of hydrogen-bond acceptors (Lipinski definition) is 2. The number of hydrogen-bond donors (Lipinski definition) is 0. The summed E-state index contributed by atoms with van der Waals surface area (Å²) in [6.07, 6.45) is 0. The maximum absolute atomic E-state index is 4.00. The monoisotopic (exact) mass is 268 g/mol. The molecule has 0 atom stereocenters. The summed E-state index contributed by atoms with van der Waals surface area (Å²) in [6.45, 7) is 9.52. The highest BCUT2D eigenvalue weighted by molar-refractivity contribution is 14.2. The van der Waals surface area contributed by atoms with E-state index in [1.54, 1.807) is 0 Å². The van der Waals surface area contributed by atoms with E-state index in [0.717, 1.165) is 6.04 Å². The molecule has 66 valence electrons. The molecule has 0 spiro atoms. The van der Waals surface area contributed by atoms with E-state index >= 15 is 0 Å². The van der Waals surface area contributed by atoms with E-state index in [1.807, 2.05) is 0 Å². The molecule has 1 aliphatic rings. The van der Waals surface area contributed by atoms with Crippen molar-refractivity contribution in [3.63, 3.8) is 0 Å². The van der Waals surface area contributed by atoms with Crippen molar-refractivity contribution >= 4 is 25.5 Å². The Labute approximate surface area is 79.7 Å². The zero-order valence-electron chi connectivity index (χ0n) is 7.39. The van der Waals surface area contributed by atoms with Gasteiger partial charge in [-0.1, -0.05) is 4.51 Å². The number of piperazine rings is 1. The molecule has 0 N–H and O–H groups in total. The van der Waals surface area contributed by atoms with Crippen LogP contribution in [-0.2, 0) is 0 Å². The largest absolute Gasteiger partial charge is 0.298 e. The number of rotatable bonds is 2. The lowest BCUT2D eigenvalue weighted by molar-refractivity contribution is 0.167. The molecule has 1 rings (SSSR count). The van der Waals surface area contributed by atoms with Gasteiger partial charge >= 0.3 is 0 Å². The standard InChI is InChI=1S/C8H17IN2/c1-8(2)10-4-6-11(9-3)7-5-10/h8H,3-7H2,1-2H3. The lowest BCUT2D eigenvalue weighted by Crippen LogP contribution is -2.45. The van der Waals surface area contributed by atoms with E-state index in [1.165, 1.54) is 26.2 Å². The predicted molar refractivity (Wildman–Crippen MR) is 59.4 cm³/mol. The Morgan fingerprint density at radius 1 is 1.18 bits per heavy atom. The third-order valence-corrected chi connectivity index (χ3v) is 4.09. The minimum Gasteiger partial charge on any atom is -0.298 e. The van der Waals surface area contributed by atoms with E-state index in [-0.39, 0.29) is 21.0 Å². The van der Waals surface area contributed by atoms with Crippen LogP contribution >= 0.6 is 21.0 Å². The van der Waals surface area contributed by atoms with Gasteiger partial charge in [0.25, 0.3) is 0 Å². The summed E-state index contributed by atoms with van der Waals surface area (Å²) in [5.41, 5.74) is 0. The molecular formula is C8H17IN2. The molecule has 1 saturated heterocycles. The zero-order valence-corrected chi connectivity index (χ0v) is 9.54. The molecule has 2 nitrogen and oxygen atoms in total. The Morgan fingerprint density at radius 2 is 1.73 bits per heavy atom. The molecule has 0 radical (unpaired) electrons. The normalized spacial score (nSPS) is 22.8. The first-order valence-corrected chi connectivity index (χ1v) is 6.60. The maximum atomic E-state index is 4.00. The summed E-state index contributed by atoms with van der Waals surface area (Å²) >= 11 is 0.104. The molecule has 0 unspecified atom stereocenters. The van der Waals surface area contributed by atoms with Crippen molar-refractivity contribution in [2.45, 2.75) is 19.9 Å². The van der Waals surface area contributed by atoms with E-state index in [2.05, 4.69) is 26.4 Å². The average molecular weight is 268 g/mol. The summed E-state index contributed by atoms with van der Waals surface area (Å²) in [5.74, 6) is 0. The van der Waals surface area contributed by atoms with Gasteiger partial charge in [0, 0.05) is 32.2 Å². The van der Waals surface area contributed by atoms with Gasteiger partial charge in [-0.15, -0.1) is 0 Å². The molecule has 0 aromatic rings. The van der Waals surface area contributed by atoms with Crippen LogP contribution < -0.4 is 0 Å². The summed E-state index contributed by atoms with van der Waals surface area (Å²) in [4.78, 5) is 2.54. The number of nitrogens with zero attached hydrogens (tertiary/aromatic N) is 2. The molecule has 1 aliphatic heterocycles. The second kappa shape index (κ2) is 4.52. The second-order valence-corrected chi connectivity index (χ2v) is 5.21. The van der Waals surface area contributed by atoms with Gasteiger partial charge in [-0.2, -0.15) is 0 Å². The molecule has 0 aliphatic carbocycles. The van der Waals surface area contributed by atoms with E-state index in [0.29, 0.717) is 0 Å². The topological polar surface area (TPSA) is 6.48 Å². The minimum atomic E-state index is 0.104. The first kappa shape index (κ1) is 9.61. The van der Waals surface area contributed by atoms with E-state index in [4.69, 9.17) is 0 Å². The highest BCUT2D eigenvalue weighted by Gasteiger charge is 2.16. The average Bonchev–Trinajstić information content (AvgIpc) is 2.05. The minimum absolute atomic E-state index is 0.104. The summed E-state index contributed by atoms with van der Waals surface area (Å²) in [6, 6.07) is 0.722. The molecule has 1 fully saturated rings. The molecule has 0 amide bonds. The third-order valence-electron chi connectivity index (χ3n) is 2.16. The van der Waals surface area contributed by atoms with Crippen LogP contribution in [0, 0.1) is 0 Å². The fourth-order valence-electron chi connectivity index (χ4n) is 1.33. The molecule has 1 heterocycles. The van der Waals surface area contributed by atoms with Gasteiger partial charge in [-0.05, 0) is 34.9 Å². The molecule has 0 aromatic heterocycles. The van der Waals surface area contributed by atoms with Crippen LogP contribution in [0.25, 0.3) is 0 Å². The Morgan fingerprint density at radius 3 is 2.09 bits per heavy atom. The van der Waals surface area contributed by atoms with Crippen LogP contribution in [-0.4, -0.2) is 44.7 Å². The van der Waals surface area contributed by atoms with Crippen LogP contribution in [0.3, 0.4) is 0 Å². The second-order valence-electron chi connectivity index (χ2n) is 3.16. The molecule has 11 heavy (non-hydrogen) atoms. The summed E-state index contributed by atoms with van der Waals surface area (Å²) in [7, 11) is 0. The maximum Gasteiger partial charge on any atom is 0.0205 e. The van der Waals surface area contributed by atoms with Crippen molar-refractivity contribution in [3.8, 4) is 0 Å². The lowest BCUT2D eigenvalue weighted by atomic mass is 10.3. The van der Waals surface area contributed by atoms with Gasteiger partial charge < -0.3 is 0 Å². The lowest BCUT2D eigenvalue weighted by Gasteiger charge is -2.34. The molecular weight excluding hydrogens is 251 g/mol. The highest BCUT2D eigenvalue weighted by Crippen LogP contribution is 2.11. The molecule has 0 bridgehead atoms. The Hall–Kier alpha value is 0.520. The molecule has 0 saturated carbocycles. The van der Waals surface area contributed by atoms with Crippen LogP contribution in [0.15, 0.2) is 0 Å². The van der Waals surface area contributed by atoms with Crippen molar-refractivity contribution in [2.24, 2.45) is 0 Å². The van der Waals surface area contributed by atoms with Gasteiger partial charge in [0.1, 0.15) is 0 Å². The quantitative estimate of drug-likeness (QED) is 0.550. The highest BCUT2D eigenvalue weighted by atomic mass is 127. The van der Waals surface area contributed by atoms with Crippen molar-refractivity contribution in [3.05, 3.63) is 0 Å². The Bertz CT molecular complexity index is 128. The van der Waals surface area contributed by atoms with E-state index < -0.39 is 0 Å². The fourth-order valence-corrected chi connectivity index (χ4v) is 2.45. The van der Waals surface area contributed by atoms with E-state index in [9.17, 15) is 0 Å². The van der Waals surface area contributed by atoms with Crippen LogP contribution in [0.2, 0.25) is 0 Å². The molecule has 3 heteroatoms. The van der Waals surface area contributed by atoms with Crippen molar-refractivity contribution < 1.29 is 0 Å². The van der Waals surface area contributed by atoms with Gasteiger partial charge in [0.15, 0.2) is 0 Å². The van der Waals surface area contributed by atoms with Crippen LogP contribution in [0.1, 0.15) is 13.8 Å². The predicted octanol–water partition coefficient (Wildman–Crippen LogP) is 1.33. The first-order chi connectivity index (χ1) is 5.24. The number of halogens is 1. The summed E-state index contributed by atoms with van der Waals surface area (Å²) < 4.78 is 6.51.